The number of nitrogens with one attached hydrogen (secondary N) is 2. The predicted molar refractivity (Wildman–Crippen MR) is 103 cm³/mol. The van der Waals surface area contributed by atoms with Crippen LogP contribution in [0.5, 0.6) is 0 Å². The number of aromatic nitrogens is 2. The van der Waals surface area contributed by atoms with Gasteiger partial charge in [-0.3, -0.25) is 4.79 Å². The standard InChI is InChI=1S/C18H16Cl2N4O2/c1-10-15(4-3-5-16(10)22-11(2)25)21-9-17-23-24-18(26-17)13-7-6-12(19)8-14(13)20/h3-8,21H,9H2,1-2H3,(H,22,25). The van der Waals surface area contributed by atoms with Crippen LogP contribution >= 0.6 is 23.2 Å². The van der Waals surface area contributed by atoms with Crippen LogP contribution in [0.4, 0.5) is 11.4 Å². The molecular formula is C18H16Cl2N4O2. The van der Waals surface area contributed by atoms with Crippen molar-refractivity contribution in [1.82, 2.24) is 10.2 Å². The highest BCUT2D eigenvalue weighted by Crippen LogP contribution is 2.29. The molecule has 0 bridgehead atoms. The van der Waals surface area contributed by atoms with Gasteiger partial charge in [-0.25, -0.2) is 0 Å². The summed E-state index contributed by atoms with van der Waals surface area (Å²) in [6.07, 6.45) is 0. The van der Waals surface area contributed by atoms with Gasteiger partial charge in [0, 0.05) is 23.3 Å². The summed E-state index contributed by atoms with van der Waals surface area (Å²) in [6, 6.07) is 10.7. The van der Waals surface area contributed by atoms with Crippen LogP contribution in [0.2, 0.25) is 10.0 Å². The number of hydrogen-bond acceptors (Lipinski definition) is 5. The summed E-state index contributed by atoms with van der Waals surface area (Å²) in [6.45, 7) is 3.73. The molecule has 2 N–H and O–H groups in total. The topological polar surface area (TPSA) is 80.0 Å². The average molecular weight is 391 g/mol. The summed E-state index contributed by atoms with van der Waals surface area (Å²) in [5.41, 5.74) is 3.16. The fourth-order valence-corrected chi connectivity index (χ4v) is 2.91. The maximum Gasteiger partial charge on any atom is 0.249 e. The second kappa shape index (κ2) is 7.76. The smallest absolute Gasteiger partial charge is 0.249 e. The van der Waals surface area contributed by atoms with Crippen molar-refractivity contribution in [1.29, 1.82) is 0 Å². The molecule has 0 aliphatic carbocycles. The Morgan fingerprint density at radius 3 is 2.65 bits per heavy atom. The number of hydrogen-bond donors (Lipinski definition) is 2. The molecule has 1 amide bonds. The highest BCUT2D eigenvalue weighted by Gasteiger charge is 2.13. The molecule has 3 rings (SSSR count). The molecule has 2 aromatic carbocycles. The molecule has 1 heterocycles. The molecule has 0 spiro atoms. The van der Waals surface area contributed by atoms with Crippen molar-refractivity contribution in [2.75, 3.05) is 10.6 Å². The lowest BCUT2D eigenvalue weighted by Crippen LogP contribution is -2.09. The van der Waals surface area contributed by atoms with E-state index in [0.717, 1.165) is 16.9 Å². The van der Waals surface area contributed by atoms with E-state index in [1.807, 2.05) is 25.1 Å². The van der Waals surface area contributed by atoms with Gasteiger partial charge in [0.2, 0.25) is 17.7 Å². The predicted octanol–water partition coefficient (Wildman–Crippen LogP) is 4.92. The van der Waals surface area contributed by atoms with Gasteiger partial charge < -0.3 is 15.1 Å². The molecule has 0 saturated carbocycles. The van der Waals surface area contributed by atoms with E-state index in [1.54, 1.807) is 18.2 Å². The number of anilines is 2. The number of rotatable bonds is 5. The van der Waals surface area contributed by atoms with Crippen LogP contribution in [0.25, 0.3) is 11.5 Å². The van der Waals surface area contributed by atoms with Gasteiger partial charge in [0.1, 0.15) is 0 Å². The molecule has 0 aliphatic rings. The van der Waals surface area contributed by atoms with Crippen LogP contribution in [0.3, 0.4) is 0 Å². The molecule has 26 heavy (non-hydrogen) atoms. The van der Waals surface area contributed by atoms with Crippen LogP contribution in [-0.2, 0) is 11.3 Å². The molecule has 8 heteroatoms. The molecule has 3 aromatic rings. The molecule has 134 valence electrons. The molecule has 0 fully saturated rings. The van der Waals surface area contributed by atoms with E-state index >= 15 is 0 Å². The van der Waals surface area contributed by atoms with Gasteiger partial charge in [0.15, 0.2) is 0 Å². The zero-order valence-electron chi connectivity index (χ0n) is 14.1. The Kier molecular flexibility index (Phi) is 5.44. The van der Waals surface area contributed by atoms with Gasteiger partial charge in [-0.2, -0.15) is 0 Å². The molecule has 1 aromatic heterocycles. The third kappa shape index (κ3) is 4.15. The van der Waals surface area contributed by atoms with Crippen molar-refractivity contribution in [3.63, 3.8) is 0 Å². The van der Waals surface area contributed by atoms with Crippen molar-refractivity contribution < 1.29 is 9.21 Å². The van der Waals surface area contributed by atoms with Crippen LogP contribution < -0.4 is 10.6 Å². The molecule has 0 radical (unpaired) electrons. The van der Waals surface area contributed by atoms with Crippen molar-refractivity contribution in [3.8, 4) is 11.5 Å². The van der Waals surface area contributed by atoms with Crippen molar-refractivity contribution in [2.45, 2.75) is 20.4 Å². The van der Waals surface area contributed by atoms with Gasteiger partial charge in [0.25, 0.3) is 0 Å². The molecule has 0 aliphatic heterocycles. The molecule has 0 saturated heterocycles. The average Bonchev–Trinajstić information content (AvgIpc) is 3.04. The maximum absolute atomic E-state index is 11.3. The Morgan fingerprint density at radius 1 is 1.15 bits per heavy atom. The van der Waals surface area contributed by atoms with E-state index in [9.17, 15) is 4.79 Å². The van der Waals surface area contributed by atoms with E-state index in [2.05, 4.69) is 20.8 Å². The highest BCUT2D eigenvalue weighted by molar-refractivity contribution is 6.36. The Morgan fingerprint density at radius 2 is 1.92 bits per heavy atom. The summed E-state index contributed by atoms with van der Waals surface area (Å²) in [4.78, 5) is 11.3. The number of nitrogens with zero attached hydrogens (tertiary/aromatic N) is 2. The summed E-state index contributed by atoms with van der Waals surface area (Å²) in [7, 11) is 0. The van der Waals surface area contributed by atoms with E-state index < -0.39 is 0 Å². The van der Waals surface area contributed by atoms with Crippen molar-refractivity contribution in [2.24, 2.45) is 0 Å². The van der Waals surface area contributed by atoms with E-state index in [1.165, 1.54) is 6.92 Å². The van der Waals surface area contributed by atoms with Gasteiger partial charge >= 0.3 is 0 Å². The molecular weight excluding hydrogens is 375 g/mol. The summed E-state index contributed by atoms with van der Waals surface area (Å²) < 4.78 is 5.66. The minimum absolute atomic E-state index is 0.119. The SMILES string of the molecule is CC(=O)Nc1cccc(NCc2nnc(-c3ccc(Cl)cc3Cl)o2)c1C. The first kappa shape index (κ1) is 18.2. The number of carbonyl (C=O) groups is 1. The first-order valence-corrected chi connectivity index (χ1v) is 8.58. The lowest BCUT2D eigenvalue weighted by molar-refractivity contribution is -0.114. The lowest BCUT2D eigenvalue weighted by atomic mass is 10.1. The third-order valence-corrected chi connectivity index (χ3v) is 4.25. The maximum atomic E-state index is 11.3. The molecule has 6 nitrogen and oxygen atoms in total. The van der Waals surface area contributed by atoms with Crippen molar-refractivity contribution in [3.05, 3.63) is 57.9 Å². The summed E-state index contributed by atoms with van der Waals surface area (Å²) >= 11 is 12.1. The van der Waals surface area contributed by atoms with Gasteiger partial charge in [-0.1, -0.05) is 29.3 Å². The minimum atomic E-state index is -0.119. The molecule has 0 unspecified atom stereocenters. The largest absolute Gasteiger partial charge is 0.419 e. The van der Waals surface area contributed by atoms with Gasteiger partial charge in [0.05, 0.1) is 17.1 Å². The number of carbonyl (C=O) groups excluding carboxylic acids is 1. The Bertz CT molecular complexity index is 956. The number of amides is 1. The summed E-state index contributed by atoms with van der Waals surface area (Å²) in [5.74, 6) is 0.620. The Labute approximate surface area is 160 Å². The van der Waals surface area contributed by atoms with E-state index in [-0.39, 0.29) is 5.91 Å². The minimum Gasteiger partial charge on any atom is -0.419 e. The summed E-state index contributed by atoms with van der Waals surface area (Å²) in [5, 5.41) is 15.1. The van der Waals surface area contributed by atoms with Crippen LogP contribution in [0, 0.1) is 6.92 Å². The van der Waals surface area contributed by atoms with Crippen LogP contribution in [0.1, 0.15) is 18.4 Å². The second-order valence-corrected chi connectivity index (χ2v) is 6.48. The first-order chi connectivity index (χ1) is 12.4. The lowest BCUT2D eigenvalue weighted by Gasteiger charge is -2.12. The number of benzene rings is 2. The normalized spacial score (nSPS) is 10.6. The zero-order valence-corrected chi connectivity index (χ0v) is 15.6. The number of halogens is 2. The highest BCUT2D eigenvalue weighted by atomic mass is 35.5. The van der Waals surface area contributed by atoms with E-state index in [0.29, 0.717) is 33.9 Å². The fourth-order valence-electron chi connectivity index (χ4n) is 2.42. The Balaban J connectivity index is 1.73. The zero-order chi connectivity index (χ0) is 18.7. The van der Waals surface area contributed by atoms with E-state index in [4.69, 9.17) is 27.6 Å². The quantitative estimate of drug-likeness (QED) is 0.645. The fraction of sp³-hybridized carbons (Fsp3) is 0.167. The van der Waals surface area contributed by atoms with Gasteiger partial charge in [-0.15, -0.1) is 10.2 Å². The first-order valence-electron chi connectivity index (χ1n) is 7.83. The van der Waals surface area contributed by atoms with Gasteiger partial charge in [-0.05, 0) is 42.8 Å². The van der Waals surface area contributed by atoms with Crippen molar-refractivity contribution >= 4 is 40.5 Å². The Hall–Kier alpha value is -2.57. The van der Waals surface area contributed by atoms with Crippen LogP contribution in [0.15, 0.2) is 40.8 Å². The second-order valence-electron chi connectivity index (χ2n) is 5.64. The van der Waals surface area contributed by atoms with Crippen LogP contribution in [-0.4, -0.2) is 16.1 Å². The monoisotopic (exact) mass is 390 g/mol. The molecule has 0 atom stereocenters. The third-order valence-electron chi connectivity index (χ3n) is 3.70.